The largest absolute Gasteiger partial charge is 0.334 e. The summed E-state index contributed by atoms with van der Waals surface area (Å²) in [7, 11) is 0. The molecule has 0 saturated heterocycles. The molecule has 0 unspecified atom stereocenters. The number of carbonyl (C=O) groups is 2. The summed E-state index contributed by atoms with van der Waals surface area (Å²) >= 11 is 0. The Labute approximate surface area is 192 Å². The van der Waals surface area contributed by atoms with Gasteiger partial charge in [-0.15, -0.1) is 0 Å². The number of rotatable bonds is 7. The van der Waals surface area contributed by atoms with Crippen LogP contribution in [-0.4, -0.2) is 39.7 Å². The van der Waals surface area contributed by atoms with Crippen molar-refractivity contribution in [2.24, 2.45) is 5.92 Å². The molecule has 1 aromatic carbocycles. The second-order valence-electron chi connectivity index (χ2n) is 10.7. The zero-order valence-corrected chi connectivity index (χ0v) is 20.8. The van der Waals surface area contributed by atoms with E-state index in [1.165, 1.54) is 0 Å². The van der Waals surface area contributed by atoms with Gasteiger partial charge in [-0.25, -0.2) is 9.48 Å². The smallest absolute Gasteiger partial charge is 0.318 e. The van der Waals surface area contributed by atoms with Gasteiger partial charge in [0.05, 0.1) is 11.2 Å². The van der Waals surface area contributed by atoms with E-state index in [9.17, 15) is 9.59 Å². The van der Waals surface area contributed by atoms with Crippen LogP contribution in [0, 0.1) is 5.92 Å². The molecular weight excluding hydrogens is 402 g/mol. The molecule has 0 fully saturated rings. The number of nitrogens with zero attached hydrogens (tertiary/aromatic N) is 3. The minimum Gasteiger partial charge on any atom is -0.334 e. The van der Waals surface area contributed by atoms with Gasteiger partial charge in [0.15, 0.2) is 0 Å². The first-order chi connectivity index (χ1) is 14.8. The molecule has 1 heterocycles. The molecule has 2 rings (SSSR count). The molecule has 32 heavy (non-hydrogen) atoms. The lowest BCUT2D eigenvalue weighted by atomic mass is 9.92. The number of benzene rings is 1. The van der Waals surface area contributed by atoms with Gasteiger partial charge in [-0.2, -0.15) is 5.10 Å². The molecule has 0 radical (unpaired) electrons. The van der Waals surface area contributed by atoms with Gasteiger partial charge < -0.3 is 15.5 Å². The van der Waals surface area contributed by atoms with Crippen LogP contribution in [0.4, 0.5) is 10.6 Å². The second kappa shape index (κ2) is 10.2. The SMILES string of the molecule is CC(C)CN(CC(=O)Nc1cc(C(C)(C)C)nn1C(C)(C)C)C(=O)NCc1ccccc1. The van der Waals surface area contributed by atoms with Crippen molar-refractivity contribution < 1.29 is 9.59 Å². The first kappa shape index (κ1) is 25.4. The molecule has 2 aromatic rings. The quantitative estimate of drug-likeness (QED) is 0.651. The van der Waals surface area contributed by atoms with E-state index in [2.05, 4.69) is 31.4 Å². The first-order valence-electron chi connectivity index (χ1n) is 11.2. The Hall–Kier alpha value is -2.83. The molecule has 1 aromatic heterocycles. The Bertz CT molecular complexity index is 905. The fraction of sp³-hybridized carbons (Fsp3) is 0.560. The molecule has 3 amide bonds. The third kappa shape index (κ3) is 7.39. The molecule has 7 heteroatoms. The Morgan fingerprint density at radius 3 is 2.22 bits per heavy atom. The number of nitrogens with one attached hydrogen (secondary N) is 2. The van der Waals surface area contributed by atoms with Crippen molar-refractivity contribution in [3.63, 3.8) is 0 Å². The van der Waals surface area contributed by atoms with Gasteiger partial charge in [-0.05, 0) is 32.3 Å². The summed E-state index contributed by atoms with van der Waals surface area (Å²) in [4.78, 5) is 27.3. The molecule has 7 nitrogen and oxygen atoms in total. The van der Waals surface area contributed by atoms with Crippen molar-refractivity contribution in [1.29, 1.82) is 0 Å². The molecule has 0 atom stereocenters. The van der Waals surface area contributed by atoms with Crippen molar-refractivity contribution in [2.45, 2.75) is 72.9 Å². The van der Waals surface area contributed by atoms with E-state index in [1.54, 1.807) is 4.90 Å². The van der Waals surface area contributed by atoms with Crippen LogP contribution in [-0.2, 0) is 22.3 Å². The highest BCUT2D eigenvalue weighted by Crippen LogP contribution is 2.28. The van der Waals surface area contributed by atoms with E-state index in [-0.39, 0.29) is 35.4 Å². The van der Waals surface area contributed by atoms with E-state index in [4.69, 9.17) is 5.10 Å². The summed E-state index contributed by atoms with van der Waals surface area (Å²) in [6.07, 6.45) is 0. The highest BCUT2D eigenvalue weighted by atomic mass is 16.2. The fourth-order valence-electron chi connectivity index (χ4n) is 3.25. The van der Waals surface area contributed by atoms with Gasteiger partial charge in [-0.3, -0.25) is 4.79 Å². The number of anilines is 1. The third-order valence-corrected chi connectivity index (χ3v) is 4.87. The number of amides is 3. The maximum atomic E-state index is 12.9. The van der Waals surface area contributed by atoms with Crippen LogP contribution in [0.15, 0.2) is 36.4 Å². The van der Waals surface area contributed by atoms with E-state index in [0.717, 1.165) is 11.3 Å². The van der Waals surface area contributed by atoms with Crippen LogP contribution in [0.3, 0.4) is 0 Å². The standard InChI is InChI=1S/C25H39N5O2/c1-18(2)16-29(23(32)26-15-19-12-10-9-11-13-19)17-22(31)27-21-14-20(24(3,4)5)28-30(21)25(6,7)8/h9-14,18H,15-17H2,1-8H3,(H,26,32)(H,27,31). The molecular formula is C25H39N5O2. The zero-order valence-electron chi connectivity index (χ0n) is 20.8. The molecule has 176 valence electrons. The van der Waals surface area contributed by atoms with E-state index >= 15 is 0 Å². The Kier molecular flexibility index (Phi) is 8.10. The maximum Gasteiger partial charge on any atom is 0.318 e. The zero-order chi connectivity index (χ0) is 24.1. The van der Waals surface area contributed by atoms with Gasteiger partial charge in [-0.1, -0.05) is 65.0 Å². The van der Waals surface area contributed by atoms with E-state index < -0.39 is 0 Å². The van der Waals surface area contributed by atoms with Crippen LogP contribution < -0.4 is 10.6 Å². The van der Waals surface area contributed by atoms with E-state index in [0.29, 0.717) is 18.9 Å². The van der Waals surface area contributed by atoms with Crippen molar-refractivity contribution in [3.05, 3.63) is 47.7 Å². The van der Waals surface area contributed by atoms with Crippen molar-refractivity contribution in [3.8, 4) is 0 Å². The van der Waals surface area contributed by atoms with Crippen molar-refractivity contribution >= 4 is 17.8 Å². The van der Waals surface area contributed by atoms with Crippen LogP contribution in [0.2, 0.25) is 0 Å². The number of hydrogen-bond acceptors (Lipinski definition) is 3. The minimum absolute atomic E-state index is 0.0288. The van der Waals surface area contributed by atoms with Crippen molar-refractivity contribution in [2.75, 3.05) is 18.4 Å². The number of aromatic nitrogens is 2. The molecule has 2 N–H and O–H groups in total. The topological polar surface area (TPSA) is 79.3 Å². The van der Waals surface area contributed by atoms with Gasteiger partial charge >= 0.3 is 6.03 Å². The van der Waals surface area contributed by atoms with Crippen LogP contribution in [0.25, 0.3) is 0 Å². The van der Waals surface area contributed by atoms with Gasteiger partial charge in [0.2, 0.25) is 5.91 Å². The molecule has 0 saturated carbocycles. The van der Waals surface area contributed by atoms with Gasteiger partial charge in [0, 0.05) is 24.6 Å². The highest BCUT2D eigenvalue weighted by molar-refractivity contribution is 5.93. The lowest BCUT2D eigenvalue weighted by Gasteiger charge is -2.26. The molecule has 0 spiro atoms. The summed E-state index contributed by atoms with van der Waals surface area (Å²) in [6, 6.07) is 11.4. The Morgan fingerprint density at radius 1 is 1.06 bits per heavy atom. The monoisotopic (exact) mass is 441 g/mol. The molecule has 0 aliphatic carbocycles. The van der Waals surface area contributed by atoms with E-state index in [1.807, 2.05) is 75.7 Å². The average Bonchev–Trinajstić information content (AvgIpc) is 3.10. The van der Waals surface area contributed by atoms with Crippen LogP contribution in [0.5, 0.6) is 0 Å². The normalized spacial score (nSPS) is 12.0. The third-order valence-electron chi connectivity index (χ3n) is 4.87. The summed E-state index contributed by atoms with van der Waals surface area (Å²) in [5, 5.41) is 10.6. The van der Waals surface area contributed by atoms with Crippen LogP contribution in [0.1, 0.15) is 66.6 Å². The average molecular weight is 442 g/mol. The van der Waals surface area contributed by atoms with Crippen molar-refractivity contribution in [1.82, 2.24) is 20.0 Å². The predicted octanol–water partition coefficient (Wildman–Crippen LogP) is 4.74. The van der Waals surface area contributed by atoms with Gasteiger partial charge in [0.25, 0.3) is 0 Å². The lowest BCUT2D eigenvalue weighted by molar-refractivity contribution is -0.116. The molecule has 0 aliphatic rings. The summed E-state index contributed by atoms with van der Waals surface area (Å²) in [5.74, 6) is 0.630. The number of carbonyl (C=O) groups excluding carboxylic acids is 2. The fourth-order valence-corrected chi connectivity index (χ4v) is 3.25. The number of urea groups is 1. The Morgan fingerprint density at radius 2 is 1.69 bits per heavy atom. The predicted molar refractivity (Wildman–Crippen MR) is 130 cm³/mol. The molecule has 0 bridgehead atoms. The second-order valence-corrected chi connectivity index (χ2v) is 10.7. The van der Waals surface area contributed by atoms with Gasteiger partial charge in [0.1, 0.15) is 12.4 Å². The highest BCUT2D eigenvalue weighted by Gasteiger charge is 2.26. The summed E-state index contributed by atoms with van der Waals surface area (Å²) in [5.41, 5.74) is 1.48. The maximum absolute atomic E-state index is 12.9. The number of hydrogen-bond donors (Lipinski definition) is 2. The molecule has 0 aliphatic heterocycles. The Balaban J connectivity index is 2.13. The lowest BCUT2D eigenvalue weighted by Crippen LogP contribution is -2.45. The summed E-state index contributed by atoms with van der Waals surface area (Å²) in [6.45, 7) is 17.3. The minimum atomic E-state index is -0.295. The van der Waals surface area contributed by atoms with Crippen LogP contribution >= 0.6 is 0 Å². The first-order valence-corrected chi connectivity index (χ1v) is 11.2. The summed E-state index contributed by atoms with van der Waals surface area (Å²) < 4.78 is 1.84.